The van der Waals surface area contributed by atoms with E-state index in [0.29, 0.717) is 5.69 Å². The predicted molar refractivity (Wildman–Crippen MR) is 75.8 cm³/mol. The van der Waals surface area contributed by atoms with E-state index in [1.165, 1.54) is 29.9 Å². The van der Waals surface area contributed by atoms with E-state index in [2.05, 4.69) is 21.0 Å². The Morgan fingerprint density at radius 1 is 1.52 bits per heavy atom. The fourth-order valence-corrected chi connectivity index (χ4v) is 2.31. The molecule has 0 radical (unpaired) electrons. The van der Waals surface area contributed by atoms with Gasteiger partial charge in [0, 0.05) is 13.1 Å². The Morgan fingerprint density at radius 3 is 2.76 bits per heavy atom. The zero-order valence-corrected chi connectivity index (χ0v) is 12.6. The third kappa shape index (κ3) is 2.72. The van der Waals surface area contributed by atoms with Gasteiger partial charge < -0.3 is 9.84 Å². The van der Waals surface area contributed by atoms with Gasteiger partial charge in [0.2, 0.25) is 5.88 Å². The fraction of sp³-hybridized carbons (Fsp3) is 0.167. The van der Waals surface area contributed by atoms with Crippen LogP contribution in [0.1, 0.15) is 16.1 Å². The molecule has 0 spiro atoms. The lowest BCUT2D eigenvalue weighted by Gasteiger charge is -2.08. The Kier molecular flexibility index (Phi) is 3.94. The van der Waals surface area contributed by atoms with Gasteiger partial charge in [0.1, 0.15) is 10.0 Å². The van der Waals surface area contributed by atoms with E-state index >= 15 is 0 Å². The first kappa shape index (κ1) is 15.0. The van der Waals surface area contributed by atoms with Crippen molar-refractivity contribution in [3.05, 3.63) is 44.0 Å². The number of nitrogens with zero attached hydrogens (tertiary/aromatic N) is 3. The van der Waals surface area contributed by atoms with Crippen molar-refractivity contribution in [3.8, 4) is 11.6 Å². The molecule has 0 unspecified atom stereocenters. The lowest BCUT2D eigenvalue weighted by molar-refractivity contribution is -0.385. The zero-order valence-electron chi connectivity index (χ0n) is 11.0. The number of nitro groups is 1. The second-order valence-corrected chi connectivity index (χ2v) is 4.94. The van der Waals surface area contributed by atoms with Crippen LogP contribution in [0.5, 0.6) is 11.6 Å². The molecule has 0 aliphatic carbocycles. The number of ether oxygens (including phenoxy) is 1. The van der Waals surface area contributed by atoms with Crippen LogP contribution in [0.2, 0.25) is 0 Å². The lowest BCUT2D eigenvalue weighted by Crippen LogP contribution is -2.02. The van der Waals surface area contributed by atoms with Crippen molar-refractivity contribution in [2.24, 2.45) is 7.05 Å². The van der Waals surface area contributed by atoms with Gasteiger partial charge in [-0.15, -0.1) is 0 Å². The molecule has 0 aliphatic rings. The number of nitro benzene ring substituents is 1. The van der Waals surface area contributed by atoms with E-state index in [0.717, 1.165) is 0 Å². The highest BCUT2D eigenvalue weighted by atomic mass is 79.9. The highest BCUT2D eigenvalue weighted by Crippen LogP contribution is 2.37. The molecule has 1 heterocycles. The number of carbonyl (C=O) groups is 1. The summed E-state index contributed by atoms with van der Waals surface area (Å²) in [6.45, 7) is 1.54. The van der Waals surface area contributed by atoms with Crippen molar-refractivity contribution in [1.29, 1.82) is 0 Å². The number of aromatic nitrogens is 2. The Morgan fingerprint density at radius 2 is 2.19 bits per heavy atom. The van der Waals surface area contributed by atoms with Gasteiger partial charge in [0.05, 0.1) is 10.6 Å². The minimum absolute atomic E-state index is 0.00111. The summed E-state index contributed by atoms with van der Waals surface area (Å²) in [4.78, 5) is 21.6. The number of carboxylic acid groups (broad SMARTS) is 1. The molecule has 2 aromatic rings. The molecule has 1 aromatic carbocycles. The minimum Gasteiger partial charge on any atom is -0.477 e. The summed E-state index contributed by atoms with van der Waals surface area (Å²) in [5.74, 6) is -1.05. The summed E-state index contributed by atoms with van der Waals surface area (Å²) < 4.78 is 6.91. The van der Waals surface area contributed by atoms with Gasteiger partial charge in [-0.25, -0.2) is 9.48 Å². The van der Waals surface area contributed by atoms with Gasteiger partial charge in [-0.3, -0.25) is 10.1 Å². The molecule has 1 aromatic heterocycles. The quantitative estimate of drug-likeness (QED) is 0.667. The van der Waals surface area contributed by atoms with Crippen molar-refractivity contribution in [3.63, 3.8) is 0 Å². The molecule has 9 heteroatoms. The van der Waals surface area contributed by atoms with Crippen LogP contribution >= 0.6 is 15.9 Å². The molecule has 0 saturated carbocycles. The molecule has 2 rings (SSSR count). The molecular weight excluding hydrogens is 346 g/mol. The third-order valence-electron chi connectivity index (χ3n) is 2.73. The molecule has 110 valence electrons. The Hall–Kier alpha value is -2.42. The molecule has 0 atom stereocenters. The number of hydrogen-bond donors (Lipinski definition) is 1. The van der Waals surface area contributed by atoms with E-state index in [4.69, 9.17) is 4.74 Å². The number of halogens is 1. The molecule has 0 aliphatic heterocycles. The van der Waals surface area contributed by atoms with Gasteiger partial charge >= 0.3 is 5.97 Å². The minimum atomic E-state index is -1.18. The number of hydrogen-bond acceptors (Lipinski definition) is 5. The van der Waals surface area contributed by atoms with Gasteiger partial charge in [-0.2, -0.15) is 5.10 Å². The van der Waals surface area contributed by atoms with Gasteiger partial charge in [-0.1, -0.05) is 6.07 Å². The SMILES string of the molecule is Cc1nn(C)c(Oc2cccc([N+](=O)[O-])c2Br)c1C(=O)O. The molecule has 0 bridgehead atoms. The number of aromatic carboxylic acids is 1. The van der Waals surface area contributed by atoms with Crippen molar-refractivity contribution in [1.82, 2.24) is 9.78 Å². The summed E-state index contributed by atoms with van der Waals surface area (Å²) in [7, 11) is 1.53. The van der Waals surface area contributed by atoms with E-state index < -0.39 is 10.9 Å². The van der Waals surface area contributed by atoms with Gasteiger partial charge in [0.15, 0.2) is 5.75 Å². The summed E-state index contributed by atoms with van der Waals surface area (Å²) in [5.41, 5.74) is 0.0284. The first-order chi connectivity index (χ1) is 9.82. The average Bonchev–Trinajstić information content (AvgIpc) is 2.66. The maximum Gasteiger partial charge on any atom is 0.343 e. The molecule has 21 heavy (non-hydrogen) atoms. The molecule has 1 N–H and O–H groups in total. The highest BCUT2D eigenvalue weighted by Gasteiger charge is 2.24. The molecule has 0 fully saturated rings. The lowest BCUT2D eigenvalue weighted by atomic mass is 10.2. The van der Waals surface area contributed by atoms with Gasteiger partial charge in [0.25, 0.3) is 5.69 Å². The molecule has 8 nitrogen and oxygen atoms in total. The smallest absolute Gasteiger partial charge is 0.343 e. The van der Waals surface area contributed by atoms with Crippen molar-refractivity contribution < 1.29 is 19.6 Å². The average molecular weight is 356 g/mol. The summed E-state index contributed by atoms with van der Waals surface area (Å²) >= 11 is 3.09. The monoisotopic (exact) mass is 355 g/mol. The molecular formula is C12H10BrN3O5. The third-order valence-corrected chi connectivity index (χ3v) is 3.53. The van der Waals surface area contributed by atoms with Crippen LogP contribution < -0.4 is 4.74 Å². The van der Waals surface area contributed by atoms with Crippen LogP contribution in [0.4, 0.5) is 5.69 Å². The van der Waals surface area contributed by atoms with E-state index in [-0.39, 0.29) is 27.4 Å². The maximum absolute atomic E-state index is 11.3. The standard InChI is InChI=1S/C12H10BrN3O5/c1-6-9(12(17)18)11(15(2)14-6)21-8-5-3-4-7(10(8)13)16(19)20/h3-5H,1-2H3,(H,17,18). The van der Waals surface area contributed by atoms with E-state index in [1.54, 1.807) is 6.92 Å². The van der Waals surface area contributed by atoms with Crippen LogP contribution in [0.25, 0.3) is 0 Å². The van der Waals surface area contributed by atoms with E-state index in [9.17, 15) is 20.0 Å². The van der Waals surface area contributed by atoms with Crippen LogP contribution in [0.15, 0.2) is 22.7 Å². The number of rotatable bonds is 4. The summed E-state index contributed by atoms with van der Waals surface area (Å²) in [6, 6.07) is 4.25. The Bertz CT molecular complexity index is 741. The molecule has 0 amide bonds. The number of carboxylic acids is 1. The van der Waals surface area contributed by atoms with Crippen LogP contribution in [-0.2, 0) is 7.05 Å². The predicted octanol–water partition coefficient (Wildman–Crippen LogP) is 2.89. The second kappa shape index (κ2) is 5.52. The summed E-state index contributed by atoms with van der Waals surface area (Å²) in [5, 5.41) is 24.1. The first-order valence-corrected chi connectivity index (χ1v) is 6.50. The summed E-state index contributed by atoms with van der Waals surface area (Å²) in [6.07, 6.45) is 0. The topological polar surface area (TPSA) is 107 Å². The highest BCUT2D eigenvalue weighted by molar-refractivity contribution is 9.10. The van der Waals surface area contributed by atoms with Crippen molar-refractivity contribution >= 4 is 27.6 Å². The van der Waals surface area contributed by atoms with Crippen LogP contribution in [0.3, 0.4) is 0 Å². The first-order valence-electron chi connectivity index (χ1n) is 5.70. The van der Waals surface area contributed by atoms with Crippen LogP contribution in [0, 0.1) is 17.0 Å². The molecule has 0 saturated heterocycles. The van der Waals surface area contributed by atoms with Crippen molar-refractivity contribution in [2.75, 3.05) is 0 Å². The van der Waals surface area contributed by atoms with Gasteiger partial charge in [-0.05, 0) is 28.9 Å². The van der Waals surface area contributed by atoms with Crippen molar-refractivity contribution in [2.45, 2.75) is 6.92 Å². The second-order valence-electron chi connectivity index (χ2n) is 4.14. The fourth-order valence-electron chi connectivity index (χ4n) is 1.82. The Labute approximate surface area is 127 Å². The number of benzene rings is 1. The number of aryl methyl sites for hydroxylation is 2. The van der Waals surface area contributed by atoms with E-state index in [1.807, 2.05) is 0 Å². The normalized spacial score (nSPS) is 10.4. The largest absolute Gasteiger partial charge is 0.477 e. The maximum atomic E-state index is 11.3. The Balaban J connectivity index is 2.51. The van der Waals surface area contributed by atoms with Crippen LogP contribution in [-0.4, -0.2) is 25.8 Å². The zero-order chi connectivity index (χ0) is 15.7.